The van der Waals surface area contributed by atoms with Gasteiger partial charge in [0.2, 0.25) is 5.91 Å². The second kappa shape index (κ2) is 9.54. The van der Waals surface area contributed by atoms with E-state index in [2.05, 4.69) is 5.10 Å². The van der Waals surface area contributed by atoms with Crippen LogP contribution in [-0.4, -0.2) is 44.8 Å². The van der Waals surface area contributed by atoms with Gasteiger partial charge in [-0.15, -0.1) is 0 Å². The quantitative estimate of drug-likeness (QED) is 0.659. The van der Waals surface area contributed by atoms with Crippen LogP contribution in [0.15, 0.2) is 35.1 Å². The van der Waals surface area contributed by atoms with Gasteiger partial charge < -0.3 is 9.64 Å². The number of methoxy groups -OCH3 is 1. The van der Waals surface area contributed by atoms with E-state index in [1.807, 2.05) is 30.3 Å². The topological polar surface area (TPSA) is 86.4 Å². The number of hydrogen-bond donors (Lipinski definition) is 0. The number of carbonyl (C=O) groups is 2. The lowest BCUT2D eigenvalue weighted by Gasteiger charge is -2.25. The van der Waals surface area contributed by atoms with Crippen LogP contribution in [0.3, 0.4) is 0 Å². The van der Waals surface area contributed by atoms with E-state index in [9.17, 15) is 14.4 Å². The van der Waals surface area contributed by atoms with Crippen molar-refractivity contribution in [2.24, 2.45) is 5.92 Å². The zero-order valence-electron chi connectivity index (χ0n) is 17.0. The lowest BCUT2D eigenvalue weighted by molar-refractivity contribution is -0.146. The summed E-state index contributed by atoms with van der Waals surface area (Å²) in [6, 6.07) is 9.56. The van der Waals surface area contributed by atoms with Gasteiger partial charge in [0.25, 0.3) is 0 Å². The molecule has 8 nitrogen and oxygen atoms in total. The average Bonchev–Trinajstić information content (AvgIpc) is 2.88. The van der Waals surface area contributed by atoms with Crippen LogP contribution in [-0.2, 0) is 40.4 Å². The Hall–Kier alpha value is -2.90. The second-order valence-corrected chi connectivity index (χ2v) is 7.50. The molecule has 1 unspecified atom stereocenters. The third-order valence-corrected chi connectivity index (χ3v) is 5.23. The number of benzene rings is 1. The molecule has 1 aromatic heterocycles. The maximum absolute atomic E-state index is 13.1. The highest BCUT2D eigenvalue weighted by Crippen LogP contribution is 2.12. The highest BCUT2D eigenvalue weighted by atomic mass is 16.5. The predicted molar refractivity (Wildman–Crippen MR) is 107 cm³/mol. The summed E-state index contributed by atoms with van der Waals surface area (Å²) >= 11 is 0. The highest BCUT2D eigenvalue weighted by Gasteiger charge is 2.24. The third-order valence-electron chi connectivity index (χ3n) is 5.23. The number of aromatic nitrogens is 3. The summed E-state index contributed by atoms with van der Waals surface area (Å²) in [5, 5.41) is 4.40. The van der Waals surface area contributed by atoms with Gasteiger partial charge in [0.15, 0.2) is 0 Å². The van der Waals surface area contributed by atoms with E-state index >= 15 is 0 Å². The van der Waals surface area contributed by atoms with Gasteiger partial charge in [-0.2, -0.15) is 5.10 Å². The Morgan fingerprint density at radius 3 is 2.69 bits per heavy atom. The summed E-state index contributed by atoms with van der Waals surface area (Å²) in [5.74, 6) is -0.345. The number of aryl methyl sites for hydroxylation is 1. The van der Waals surface area contributed by atoms with E-state index in [1.54, 1.807) is 16.4 Å². The van der Waals surface area contributed by atoms with Gasteiger partial charge in [-0.05, 0) is 18.4 Å². The fourth-order valence-electron chi connectivity index (χ4n) is 3.62. The zero-order chi connectivity index (χ0) is 20.8. The molecule has 2 heterocycles. The minimum absolute atomic E-state index is 0.139. The van der Waals surface area contributed by atoms with Gasteiger partial charge >= 0.3 is 11.7 Å². The normalized spacial score (nSPS) is 14.6. The number of ether oxygens (including phenoxy) is 1. The van der Waals surface area contributed by atoms with Gasteiger partial charge in [-0.3, -0.25) is 14.2 Å². The molecule has 0 spiro atoms. The first-order valence-corrected chi connectivity index (χ1v) is 10.1. The Bertz CT molecular complexity index is 903. The van der Waals surface area contributed by atoms with Crippen molar-refractivity contribution < 1.29 is 14.3 Å². The lowest BCUT2D eigenvalue weighted by atomic mass is 10.1. The van der Waals surface area contributed by atoms with Crippen LogP contribution in [0.1, 0.15) is 37.6 Å². The van der Waals surface area contributed by atoms with Crippen molar-refractivity contribution in [3.8, 4) is 0 Å². The molecule has 156 valence electrons. The molecule has 0 aliphatic carbocycles. The molecule has 1 amide bonds. The maximum atomic E-state index is 13.1. The number of rotatable bonds is 7. The van der Waals surface area contributed by atoms with E-state index in [4.69, 9.17) is 4.74 Å². The minimum atomic E-state index is -0.469. The Labute approximate surface area is 170 Å². The van der Waals surface area contributed by atoms with Crippen LogP contribution in [0.4, 0.5) is 0 Å². The van der Waals surface area contributed by atoms with Crippen molar-refractivity contribution >= 4 is 11.9 Å². The van der Waals surface area contributed by atoms with Gasteiger partial charge in [0.1, 0.15) is 12.4 Å². The number of fused-ring (bicyclic) bond motifs is 1. The minimum Gasteiger partial charge on any atom is -0.469 e. The summed E-state index contributed by atoms with van der Waals surface area (Å²) < 4.78 is 7.73. The first kappa shape index (κ1) is 20.8. The average molecular weight is 400 g/mol. The molecule has 1 aromatic carbocycles. The standard InChI is InChI=1S/C21H28N4O4/c1-16(20(27)29-2)13-23(14-17-9-5-3-6-10-17)19(26)15-25-21(28)24-12-8-4-7-11-18(24)22-25/h3,5-6,9-10,16H,4,7-8,11-15H2,1-2H3. The van der Waals surface area contributed by atoms with E-state index in [-0.39, 0.29) is 30.7 Å². The fraction of sp³-hybridized carbons (Fsp3) is 0.524. The van der Waals surface area contributed by atoms with Crippen molar-refractivity contribution in [2.45, 2.75) is 52.2 Å². The van der Waals surface area contributed by atoms with Crippen LogP contribution in [0.2, 0.25) is 0 Å². The molecule has 0 bridgehead atoms. The molecule has 0 radical (unpaired) electrons. The maximum Gasteiger partial charge on any atom is 0.346 e. The van der Waals surface area contributed by atoms with Crippen molar-refractivity contribution in [3.63, 3.8) is 0 Å². The Balaban J connectivity index is 1.78. The molecule has 0 saturated heterocycles. The Kier molecular flexibility index (Phi) is 6.85. The lowest BCUT2D eigenvalue weighted by Crippen LogP contribution is -2.40. The largest absolute Gasteiger partial charge is 0.469 e. The van der Waals surface area contributed by atoms with Crippen molar-refractivity contribution in [1.82, 2.24) is 19.2 Å². The van der Waals surface area contributed by atoms with Gasteiger partial charge in [0, 0.05) is 26.1 Å². The van der Waals surface area contributed by atoms with Gasteiger partial charge in [0.05, 0.1) is 13.0 Å². The Morgan fingerprint density at radius 2 is 1.97 bits per heavy atom. The summed E-state index contributed by atoms with van der Waals surface area (Å²) in [5.41, 5.74) is 0.710. The monoisotopic (exact) mass is 400 g/mol. The molecule has 1 aliphatic rings. The number of nitrogens with zero attached hydrogens (tertiary/aromatic N) is 4. The summed E-state index contributed by atoms with van der Waals surface area (Å²) in [4.78, 5) is 39.2. The van der Waals surface area contributed by atoms with Crippen molar-refractivity contribution in [3.05, 3.63) is 52.2 Å². The summed E-state index contributed by atoms with van der Waals surface area (Å²) in [6.45, 7) is 2.79. The number of amides is 1. The molecule has 0 saturated carbocycles. The summed E-state index contributed by atoms with van der Waals surface area (Å²) in [7, 11) is 1.33. The van der Waals surface area contributed by atoms with Crippen LogP contribution in [0.25, 0.3) is 0 Å². The van der Waals surface area contributed by atoms with E-state index in [0.717, 1.165) is 37.1 Å². The number of hydrogen-bond acceptors (Lipinski definition) is 5. The molecular weight excluding hydrogens is 372 g/mol. The molecule has 0 fully saturated rings. The molecule has 29 heavy (non-hydrogen) atoms. The van der Waals surface area contributed by atoms with Crippen molar-refractivity contribution in [1.29, 1.82) is 0 Å². The first-order valence-electron chi connectivity index (χ1n) is 10.1. The van der Waals surface area contributed by atoms with Gasteiger partial charge in [-0.1, -0.05) is 43.7 Å². The SMILES string of the molecule is COC(=O)C(C)CN(Cc1ccccc1)C(=O)Cn1nc2n(c1=O)CCCCC2. The van der Waals surface area contributed by atoms with Crippen LogP contribution in [0, 0.1) is 5.92 Å². The predicted octanol–water partition coefficient (Wildman–Crippen LogP) is 1.61. The molecule has 1 aliphatic heterocycles. The van der Waals surface area contributed by atoms with Crippen LogP contribution in [0.5, 0.6) is 0 Å². The summed E-state index contributed by atoms with van der Waals surface area (Å²) in [6.07, 6.45) is 3.78. The van der Waals surface area contributed by atoms with E-state index in [1.165, 1.54) is 11.8 Å². The third kappa shape index (κ3) is 5.13. The second-order valence-electron chi connectivity index (χ2n) is 7.50. The highest BCUT2D eigenvalue weighted by molar-refractivity contribution is 5.77. The van der Waals surface area contributed by atoms with E-state index < -0.39 is 5.92 Å². The molecule has 3 rings (SSSR count). The number of esters is 1. The molecule has 2 aromatic rings. The zero-order valence-corrected chi connectivity index (χ0v) is 17.0. The first-order chi connectivity index (χ1) is 14.0. The molecular formula is C21H28N4O4. The smallest absolute Gasteiger partial charge is 0.346 e. The fourth-order valence-corrected chi connectivity index (χ4v) is 3.62. The van der Waals surface area contributed by atoms with E-state index in [0.29, 0.717) is 13.1 Å². The molecule has 8 heteroatoms. The van der Waals surface area contributed by atoms with Crippen molar-refractivity contribution in [2.75, 3.05) is 13.7 Å². The Morgan fingerprint density at radius 1 is 1.21 bits per heavy atom. The van der Waals surface area contributed by atoms with Crippen LogP contribution < -0.4 is 5.69 Å². The molecule has 0 N–H and O–H groups in total. The van der Waals surface area contributed by atoms with Gasteiger partial charge in [-0.25, -0.2) is 9.48 Å². The molecule has 1 atom stereocenters. The number of carbonyl (C=O) groups excluding carboxylic acids is 2. The van der Waals surface area contributed by atoms with Crippen LogP contribution >= 0.6 is 0 Å².